The van der Waals surface area contributed by atoms with E-state index in [4.69, 9.17) is 4.74 Å². The van der Waals surface area contributed by atoms with Crippen molar-refractivity contribution in [3.8, 4) is 0 Å². The van der Waals surface area contributed by atoms with Crippen LogP contribution in [0.3, 0.4) is 0 Å². The average molecular weight is 303 g/mol. The highest BCUT2D eigenvalue weighted by Crippen LogP contribution is 2.14. The molecule has 0 heterocycles. The van der Waals surface area contributed by atoms with Crippen LogP contribution in [-0.2, 0) is 19.6 Å². The predicted octanol–water partition coefficient (Wildman–Crippen LogP) is 1.83. The van der Waals surface area contributed by atoms with E-state index in [2.05, 4.69) is 4.72 Å². The van der Waals surface area contributed by atoms with Crippen molar-refractivity contribution in [3.63, 3.8) is 0 Å². The minimum atomic E-state index is -4.12. The zero-order valence-electron chi connectivity index (χ0n) is 11.8. The van der Waals surface area contributed by atoms with Gasteiger partial charge in [-0.25, -0.2) is 12.8 Å². The first-order chi connectivity index (χ1) is 9.03. The molecule has 1 atom stereocenters. The number of nitrogens with one attached hydrogen (secondary N) is 1. The SMILES string of the molecule is C[C@H](NS(=O)(=O)c1ccccc1F)C(=O)OC(C)(C)C. The van der Waals surface area contributed by atoms with E-state index in [0.29, 0.717) is 0 Å². The standard InChI is InChI=1S/C13H18FNO4S/c1-9(12(16)19-13(2,3)4)15-20(17,18)11-8-6-5-7-10(11)14/h5-9,15H,1-4H3/t9-/m0/s1. The Labute approximate surface area is 118 Å². The van der Waals surface area contributed by atoms with Crippen molar-refractivity contribution in [2.75, 3.05) is 0 Å². The Hall–Kier alpha value is -1.47. The van der Waals surface area contributed by atoms with Gasteiger partial charge in [0.05, 0.1) is 0 Å². The highest BCUT2D eigenvalue weighted by atomic mass is 32.2. The van der Waals surface area contributed by atoms with Gasteiger partial charge >= 0.3 is 5.97 Å². The van der Waals surface area contributed by atoms with Gasteiger partial charge in [-0.2, -0.15) is 4.72 Å². The summed E-state index contributed by atoms with van der Waals surface area (Å²) in [6.45, 7) is 6.35. The van der Waals surface area contributed by atoms with Crippen molar-refractivity contribution in [1.29, 1.82) is 0 Å². The lowest BCUT2D eigenvalue weighted by Gasteiger charge is -2.22. The van der Waals surface area contributed by atoms with Crippen LogP contribution >= 0.6 is 0 Å². The van der Waals surface area contributed by atoms with Gasteiger partial charge in [0, 0.05) is 0 Å². The van der Waals surface area contributed by atoms with Crippen molar-refractivity contribution in [2.24, 2.45) is 0 Å². The monoisotopic (exact) mass is 303 g/mol. The van der Waals surface area contributed by atoms with Crippen LogP contribution in [-0.4, -0.2) is 26.0 Å². The van der Waals surface area contributed by atoms with Gasteiger partial charge in [-0.3, -0.25) is 4.79 Å². The van der Waals surface area contributed by atoms with Crippen LogP contribution < -0.4 is 4.72 Å². The van der Waals surface area contributed by atoms with E-state index in [1.165, 1.54) is 19.1 Å². The average Bonchev–Trinajstić information content (AvgIpc) is 2.26. The molecule has 1 N–H and O–H groups in total. The third-order valence-electron chi connectivity index (χ3n) is 2.22. The van der Waals surface area contributed by atoms with Gasteiger partial charge in [0.2, 0.25) is 10.0 Å². The number of ether oxygens (including phenoxy) is 1. The molecule has 0 aliphatic rings. The van der Waals surface area contributed by atoms with E-state index in [9.17, 15) is 17.6 Å². The maximum atomic E-state index is 13.5. The number of hydrogen-bond acceptors (Lipinski definition) is 4. The van der Waals surface area contributed by atoms with E-state index >= 15 is 0 Å². The third-order valence-corrected chi connectivity index (χ3v) is 3.79. The fourth-order valence-corrected chi connectivity index (χ4v) is 2.67. The quantitative estimate of drug-likeness (QED) is 0.861. The van der Waals surface area contributed by atoms with Crippen LogP contribution in [0, 0.1) is 5.82 Å². The third kappa shape index (κ3) is 4.57. The zero-order valence-corrected chi connectivity index (χ0v) is 12.6. The Kier molecular flexibility index (Phi) is 4.88. The summed E-state index contributed by atoms with van der Waals surface area (Å²) in [6.07, 6.45) is 0. The van der Waals surface area contributed by atoms with Crippen molar-refractivity contribution < 1.29 is 22.3 Å². The summed E-state index contributed by atoms with van der Waals surface area (Å²) in [6, 6.07) is 3.83. The molecule has 1 aromatic carbocycles. The maximum absolute atomic E-state index is 13.5. The fourth-order valence-electron chi connectivity index (χ4n) is 1.40. The first kappa shape index (κ1) is 16.6. The van der Waals surface area contributed by atoms with Gasteiger partial charge in [-0.1, -0.05) is 12.1 Å². The molecule has 0 saturated carbocycles. The lowest BCUT2D eigenvalue weighted by atomic mass is 10.2. The number of carbonyl (C=O) groups is 1. The molecule has 1 aromatic rings. The normalized spacial score (nSPS) is 13.8. The number of halogens is 1. The lowest BCUT2D eigenvalue weighted by Crippen LogP contribution is -2.42. The summed E-state index contributed by atoms with van der Waals surface area (Å²) in [7, 11) is -4.12. The second-order valence-corrected chi connectivity index (χ2v) is 6.99. The number of rotatable bonds is 4. The van der Waals surface area contributed by atoms with Crippen LogP contribution in [0.5, 0.6) is 0 Å². The fraction of sp³-hybridized carbons (Fsp3) is 0.462. The van der Waals surface area contributed by atoms with Gasteiger partial charge in [0.1, 0.15) is 22.4 Å². The van der Waals surface area contributed by atoms with E-state index in [-0.39, 0.29) is 0 Å². The van der Waals surface area contributed by atoms with Crippen LogP contribution in [0.2, 0.25) is 0 Å². The molecule has 0 fully saturated rings. The molecule has 0 spiro atoms. The Morgan fingerprint density at radius 2 is 1.85 bits per heavy atom. The number of hydrogen-bond donors (Lipinski definition) is 1. The highest BCUT2D eigenvalue weighted by Gasteiger charge is 2.27. The number of benzene rings is 1. The van der Waals surface area contributed by atoms with E-state index < -0.39 is 38.3 Å². The molecule has 0 bridgehead atoms. The number of esters is 1. The second-order valence-electron chi connectivity index (χ2n) is 5.31. The first-order valence-electron chi connectivity index (χ1n) is 6.02. The molecule has 0 aliphatic carbocycles. The molecule has 0 aromatic heterocycles. The maximum Gasteiger partial charge on any atom is 0.324 e. The van der Waals surface area contributed by atoms with Crippen LogP contribution in [0.4, 0.5) is 4.39 Å². The molecule has 0 amide bonds. The van der Waals surface area contributed by atoms with Crippen molar-refractivity contribution in [2.45, 2.75) is 44.2 Å². The lowest BCUT2D eigenvalue weighted by molar-refractivity contribution is -0.156. The Morgan fingerprint density at radius 3 is 2.35 bits per heavy atom. The summed E-state index contributed by atoms with van der Waals surface area (Å²) in [4.78, 5) is 11.2. The summed E-state index contributed by atoms with van der Waals surface area (Å²) in [5.41, 5.74) is -0.727. The molecule has 7 heteroatoms. The second kappa shape index (κ2) is 5.88. The van der Waals surface area contributed by atoms with Gasteiger partial charge in [-0.15, -0.1) is 0 Å². The summed E-state index contributed by atoms with van der Waals surface area (Å²) >= 11 is 0. The highest BCUT2D eigenvalue weighted by molar-refractivity contribution is 7.89. The van der Waals surface area contributed by atoms with E-state index in [0.717, 1.165) is 12.1 Å². The largest absolute Gasteiger partial charge is 0.459 e. The smallest absolute Gasteiger partial charge is 0.324 e. The minimum Gasteiger partial charge on any atom is -0.459 e. The summed E-state index contributed by atoms with van der Waals surface area (Å²) in [5.74, 6) is -1.60. The summed E-state index contributed by atoms with van der Waals surface area (Å²) in [5, 5.41) is 0. The Balaban J connectivity index is 2.87. The van der Waals surface area contributed by atoms with Crippen molar-refractivity contribution in [3.05, 3.63) is 30.1 Å². The molecule has 112 valence electrons. The summed E-state index contributed by atoms with van der Waals surface area (Å²) < 4.78 is 44.6. The van der Waals surface area contributed by atoms with Crippen LogP contribution in [0.15, 0.2) is 29.2 Å². The molecular formula is C13H18FNO4S. The number of sulfonamides is 1. The van der Waals surface area contributed by atoms with Gasteiger partial charge in [0.25, 0.3) is 0 Å². The minimum absolute atomic E-state index is 0.504. The molecule has 0 aliphatic heterocycles. The molecule has 0 radical (unpaired) electrons. The molecule has 0 saturated heterocycles. The first-order valence-corrected chi connectivity index (χ1v) is 7.51. The van der Waals surface area contributed by atoms with E-state index in [1.54, 1.807) is 20.8 Å². The number of carbonyl (C=O) groups excluding carboxylic acids is 1. The van der Waals surface area contributed by atoms with Gasteiger partial charge in [0.15, 0.2) is 0 Å². The molecule has 5 nitrogen and oxygen atoms in total. The molecular weight excluding hydrogens is 285 g/mol. The predicted molar refractivity (Wildman–Crippen MR) is 72.0 cm³/mol. The molecule has 0 unspecified atom stereocenters. The van der Waals surface area contributed by atoms with Crippen molar-refractivity contribution in [1.82, 2.24) is 4.72 Å². The van der Waals surface area contributed by atoms with Crippen LogP contribution in [0.1, 0.15) is 27.7 Å². The van der Waals surface area contributed by atoms with E-state index in [1.807, 2.05) is 0 Å². The molecule has 1 rings (SSSR count). The Bertz CT molecular complexity index is 593. The van der Waals surface area contributed by atoms with Gasteiger partial charge in [-0.05, 0) is 39.8 Å². The van der Waals surface area contributed by atoms with Crippen LogP contribution in [0.25, 0.3) is 0 Å². The topological polar surface area (TPSA) is 72.5 Å². The Morgan fingerprint density at radius 1 is 1.30 bits per heavy atom. The van der Waals surface area contributed by atoms with Gasteiger partial charge < -0.3 is 4.74 Å². The molecule has 20 heavy (non-hydrogen) atoms. The van der Waals surface area contributed by atoms with Crippen molar-refractivity contribution >= 4 is 16.0 Å². The zero-order chi connectivity index (χ0) is 15.6.